The van der Waals surface area contributed by atoms with Gasteiger partial charge in [0, 0.05) is 12.1 Å². The zero-order valence-corrected chi connectivity index (χ0v) is 9.28. The maximum Gasteiger partial charge on any atom is 0.229 e. The van der Waals surface area contributed by atoms with Crippen LogP contribution in [-0.2, 0) is 6.42 Å². The molecule has 0 unspecified atom stereocenters. The predicted molar refractivity (Wildman–Crippen MR) is 60.4 cm³/mol. The number of benzene rings is 1. The standard InChI is InChI=1S/C11H12ClN3/c1-2-6-10-13-14-11(12)15(10)9-7-4-3-5-8-9/h3-5,7-8H,2,6H2,1H3. The van der Waals surface area contributed by atoms with E-state index in [9.17, 15) is 0 Å². The molecule has 1 heterocycles. The van der Waals surface area contributed by atoms with Crippen LogP contribution in [0, 0.1) is 0 Å². The second-order valence-corrected chi connectivity index (χ2v) is 3.64. The molecule has 2 aromatic rings. The van der Waals surface area contributed by atoms with Crippen LogP contribution in [0.5, 0.6) is 0 Å². The Bertz CT molecular complexity index is 436. The average Bonchev–Trinajstić information content (AvgIpc) is 2.62. The van der Waals surface area contributed by atoms with E-state index in [0.29, 0.717) is 5.28 Å². The Hall–Kier alpha value is -1.35. The fraction of sp³-hybridized carbons (Fsp3) is 0.273. The van der Waals surface area contributed by atoms with Crippen molar-refractivity contribution >= 4 is 11.6 Å². The lowest BCUT2D eigenvalue weighted by Crippen LogP contribution is -2.00. The monoisotopic (exact) mass is 221 g/mol. The molecule has 1 aromatic heterocycles. The van der Waals surface area contributed by atoms with Crippen LogP contribution in [0.15, 0.2) is 30.3 Å². The number of aryl methyl sites for hydroxylation is 1. The first-order valence-electron chi connectivity index (χ1n) is 4.98. The molecule has 0 amide bonds. The molecule has 0 radical (unpaired) electrons. The van der Waals surface area contributed by atoms with Gasteiger partial charge in [-0.3, -0.25) is 4.57 Å². The van der Waals surface area contributed by atoms with E-state index in [-0.39, 0.29) is 0 Å². The van der Waals surface area contributed by atoms with Crippen molar-refractivity contribution in [2.45, 2.75) is 19.8 Å². The molecule has 15 heavy (non-hydrogen) atoms. The van der Waals surface area contributed by atoms with Crippen molar-refractivity contribution in [1.82, 2.24) is 14.8 Å². The van der Waals surface area contributed by atoms with Gasteiger partial charge in [-0.2, -0.15) is 0 Å². The van der Waals surface area contributed by atoms with Gasteiger partial charge in [0.15, 0.2) is 0 Å². The van der Waals surface area contributed by atoms with Gasteiger partial charge in [-0.15, -0.1) is 10.2 Å². The highest BCUT2D eigenvalue weighted by Gasteiger charge is 2.10. The molecule has 0 atom stereocenters. The van der Waals surface area contributed by atoms with E-state index in [4.69, 9.17) is 11.6 Å². The topological polar surface area (TPSA) is 30.7 Å². The maximum atomic E-state index is 6.00. The van der Waals surface area contributed by atoms with E-state index < -0.39 is 0 Å². The first kappa shape index (κ1) is 10.2. The van der Waals surface area contributed by atoms with Crippen molar-refractivity contribution in [3.8, 4) is 5.69 Å². The van der Waals surface area contributed by atoms with E-state index in [2.05, 4.69) is 17.1 Å². The lowest BCUT2D eigenvalue weighted by Gasteiger charge is -2.06. The third kappa shape index (κ3) is 2.02. The Morgan fingerprint density at radius 3 is 2.60 bits per heavy atom. The number of nitrogens with zero attached hydrogens (tertiary/aromatic N) is 3. The fourth-order valence-electron chi connectivity index (χ4n) is 1.51. The van der Waals surface area contributed by atoms with Crippen molar-refractivity contribution in [3.63, 3.8) is 0 Å². The second kappa shape index (κ2) is 4.45. The van der Waals surface area contributed by atoms with Gasteiger partial charge in [-0.25, -0.2) is 0 Å². The molecule has 0 saturated carbocycles. The summed E-state index contributed by atoms with van der Waals surface area (Å²) >= 11 is 6.00. The molecule has 3 nitrogen and oxygen atoms in total. The summed E-state index contributed by atoms with van der Waals surface area (Å²) in [6.45, 7) is 2.11. The molecule has 0 N–H and O–H groups in total. The minimum absolute atomic E-state index is 0.421. The van der Waals surface area contributed by atoms with Crippen LogP contribution in [0.3, 0.4) is 0 Å². The molecule has 2 rings (SSSR count). The summed E-state index contributed by atoms with van der Waals surface area (Å²) in [5, 5.41) is 8.37. The van der Waals surface area contributed by atoms with Crippen LogP contribution in [0.4, 0.5) is 0 Å². The summed E-state index contributed by atoms with van der Waals surface area (Å²) in [5.41, 5.74) is 1.01. The zero-order chi connectivity index (χ0) is 10.7. The highest BCUT2D eigenvalue weighted by molar-refractivity contribution is 6.28. The minimum atomic E-state index is 0.421. The van der Waals surface area contributed by atoms with Crippen molar-refractivity contribution in [3.05, 3.63) is 41.4 Å². The van der Waals surface area contributed by atoms with Crippen LogP contribution < -0.4 is 0 Å². The summed E-state index contributed by atoms with van der Waals surface area (Å²) in [5.74, 6) is 0.911. The van der Waals surface area contributed by atoms with Crippen LogP contribution >= 0.6 is 11.6 Å². The smallest absolute Gasteiger partial charge is 0.229 e. The Morgan fingerprint density at radius 1 is 1.20 bits per heavy atom. The van der Waals surface area contributed by atoms with E-state index in [1.165, 1.54) is 0 Å². The third-order valence-electron chi connectivity index (χ3n) is 2.18. The lowest BCUT2D eigenvalue weighted by molar-refractivity contribution is 0.803. The lowest BCUT2D eigenvalue weighted by atomic mass is 10.3. The molecule has 0 bridgehead atoms. The number of rotatable bonds is 3. The van der Waals surface area contributed by atoms with Gasteiger partial charge in [0.1, 0.15) is 5.82 Å². The van der Waals surface area contributed by atoms with Crippen LogP contribution in [0.2, 0.25) is 5.28 Å². The van der Waals surface area contributed by atoms with Crippen molar-refractivity contribution in [1.29, 1.82) is 0 Å². The molecule has 0 fully saturated rings. The molecule has 4 heteroatoms. The van der Waals surface area contributed by atoms with Crippen LogP contribution in [0.25, 0.3) is 5.69 Å². The maximum absolute atomic E-state index is 6.00. The van der Waals surface area contributed by atoms with E-state index in [1.54, 1.807) is 0 Å². The zero-order valence-electron chi connectivity index (χ0n) is 8.52. The average molecular weight is 222 g/mol. The molecule has 0 spiro atoms. The summed E-state index contributed by atoms with van der Waals surface area (Å²) in [4.78, 5) is 0. The molecule has 0 aliphatic carbocycles. The van der Waals surface area contributed by atoms with Gasteiger partial charge >= 0.3 is 0 Å². The predicted octanol–water partition coefficient (Wildman–Crippen LogP) is 2.87. The Balaban J connectivity index is 2.47. The van der Waals surface area contributed by atoms with Crippen LogP contribution in [-0.4, -0.2) is 14.8 Å². The van der Waals surface area contributed by atoms with Crippen LogP contribution in [0.1, 0.15) is 19.2 Å². The number of hydrogen-bond acceptors (Lipinski definition) is 2. The number of aromatic nitrogens is 3. The summed E-state index contributed by atoms with van der Waals surface area (Å²) in [6, 6.07) is 9.91. The van der Waals surface area contributed by atoms with Gasteiger partial charge in [-0.1, -0.05) is 25.1 Å². The second-order valence-electron chi connectivity index (χ2n) is 3.31. The van der Waals surface area contributed by atoms with Gasteiger partial charge < -0.3 is 0 Å². The first-order valence-corrected chi connectivity index (χ1v) is 5.36. The van der Waals surface area contributed by atoms with Crippen molar-refractivity contribution < 1.29 is 0 Å². The highest BCUT2D eigenvalue weighted by atomic mass is 35.5. The number of para-hydroxylation sites is 1. The molecule has 1 aromatic carbocycles. The fourth-order valence-corrected chi connectivity index (χ4v) is 1.75. The molecular formula is C11H12ClN3. The molecular weight excluding hydrogens is 210 g/mol. The molecule has 78 valence electrons. The normalized spacial score (nSPS) is 10.5. The van der Waals surface area contributed by atoms with Gasteiger partial charge in [0.2, 0.25) is 5.28 Å². The quantitative estimate of drug-likeness (QED) is 0.798. The van der Waals surface area contributed by atoms with E-state index >= 15 is 0 Å². The van der Waals surface area contributed by atoms with Crippen molar-refractivity contribution in [2.75, 3.05) is 0 Å². The summed E-state index contributed by atoms with van der Waals surface area (Å²) in [6.07, 6.45) is 1.91. The SMILES string of the molecule is CCCc1nnc(Cl)n1-c1ccccc1. The molecule has 0 aliphatic heterocycles. The minimum Gasteiger partial charge on any atom is -0.270 e. The molecule has 0 aliphatic rings. The van der Waals surface area contributed by atoms with E-state index in [1.807, 2.05) is 34.9 Å². The summed E-state index contributed by atoms with van der Waals surface area (Å²) < 4.78 is 1.88. The number of hydrogen-bond donors (Lipinski definition) is 0. The largest absolute Gasteiger partial charge is 0.270 e. The summed E-state index contributed by atoms with van der Waals surface area (Å²) in [7, 11) is 0. The van der Waals surface area contributed by atoms with E-state index in [0.717, 1.165) is 24.4 Å². The third-order valence-corrected chi connectivity index (χ3v) is 2.42. The first-order chi connectivity index (χ1) is 7.33. The Morgan fingerprint density at radius 2 is 1.93 bits per heavy atom. The van der Waals surface area contributed by atoms with Gasteiger partial charge in [-0.05, 0) is 30.2 Å². The Labute approximate surface area is 93.7 Å². The molecule has 0 saturated heterocycles. The van der Waals surface area contributed by atoms with Crippen molar-refractivity contribution in [2.24, 2.45) is 0 Å². The Kier molecular flexibility index (Phi) is 3.02. The number of halogens is 1. The highest BCUT2D eigenvalue weighted by Crippen LogP contribution is 2.17. The van der Waals surface area contributed by atoms with Gasteiger partial charge in [0.25, 0.3) is 0 Å². The van der Waals surface area contributed by atoms with Gasteiger partial charge in [0.05, 0.1) is 0 Å².